The Hall–Kier alpha value is -1.22. The molecular weight excluding hydrogens is 191 g/mol. The number of rotatable bonds is 1. The van der Waals surface area contributed by atoms with Gasteiger partial charge in [0.2, 0.25) is 0 Å². The van der Waals surface area contributed by atoms with Crippen molar-refractivity contribution in [2.45, 2.75) is 18.9 Å². The van der Waals surface area contributed by atoms with Crippen LogP contribution >= 0.6 is 0 Å². The number of pyridine rings is 1. The maximum Gasteiger partial charge on any atom is 0.142 e. The molecule has 2 heterocycles. The van der Waals surface area contributed by atoms with Gasteiger partial charge in [-0.05, 0) is 36.9 Å². The SMILES string of the molecule is Fc1cncc(C2=CC[C@H]3CCN[C@@H]23)c1. The number of hydrogen-bond donors (Lipinski definition) is 1. The lowest BCUT2D eigenvalue weighted by atomic mass is 9.97. The van der Waals surface area contributed by atoms with E-state index in [-0.39, 0.29) is 5.82 Å². The summed E-state index contributed by atoms with van der Waals surface area (Å²) in [6.07, 6.45) is 7.56. The van der Waals surface area contributed by atoms with Gasteiger partial charge in [-0.1, -0.05) is 6.08 Å². The fourth-order valence-electron chi connectivity index (χ4n) is 2.65. The van der Waals surface area contributed by atoms with Crippen LogP contribution in [-0.2, 0) is 0 Å². The highest BCUT2D eigenvalue weighted by molar-refractivity contribution is 5.71. The summed E-state index contributed by atoms with van der Waals surface area (Å²) in [5.74, 6) is 0.457. The highest BCUT2D eigenvalue weighted by atomic mass is 19.1. The normalized spacial score (nSPS) is 29.0. The van der Waals surface area contributed by atoms with Crippen LogP contribution in [0.3, 0.4) is 0 Å². The predicted molar refractivity (Wildman–Crippen MR) is 56.7 cm³/mol. The van der Waals surface area contributed by atoms with E-state index in [0.717, 1.165) is 18.5 Å². The average Bonchev–Trinajstić information content (AvgIpc) is 2.77. The number of fused-ring (bicyclic) bond motifs is 1. The van der Waals surface area contributed by atoms with Gasteiger partial charge in [0.15, 0.2) is 0 Å². The monoisotopic (exact) mass is 204 g/mol. The molecule has 1 fully saturated rings. The minimum Gasteiger partial charge on any atom is -0.310 e. The van der Waals surface area contributed by atoms with Gasteiger partial charge in [0.05, 0.1) is 6.20 Å². The van der Waals surface area contributed by atoms with E-state index < -0.39 is 0 Å². The Morgan fingerprint density at radius 2 is 2.33 bits per heavy atom. The summed E-state index contributed by atoms with van der Waals surface area (Å²) >= 11 is 0. The zero-order valence-corrected chi connectivity index (χ0v) is 8.41. The summed E-state index contributed by atoms with van der Waals surface area (Å²) in [7, 11) is 0. The Balaban J connectivity index is 1.94. The summed E-state index contributed by atoms with van der Waals surface area (Å²) in [6.45, 7) is 1.08. The van der Waals surface area contributed by atoms with E-state index in [1.165, 1.54) is 18.2 Å². The smallest absolute Gasteiger partial charge is 0.142 e. The third kappa shape index (κ3) is 1.47. The number of nitrogens with zero attached hydrogens (tertiary/aromatic N) is 1. The summed E-state index contributed by atoms with van der Waals surface area (Å²) in [5, 5.41) is 3.47. The summed E-state index contributed by atoms with van der Waals surface area (Å²) in [5.41, 5.74) is 2.15. The van der Waals surface area contributed by atoms with E-state index in [9.17, 15) is 4.39 Å². The molecule has 0 radical (unpaired) electrons. The van der Waals surface area contributed by atoms with E-state index in [0.29, 0.717) is 12.0 Å². The number of halogens is 1. The maximum atomic E-state index is 13.1. The minimum absolute atomic E-state index is 0.255. The standard InChI is InChI=1S/C12H13FN2/c13-10-5-9(6-14-7-10)11-2-1-8-3-4-15-12(8)11/h2,5-8,12,15H,1,3-4H2/t8-,12+/m0/s1. The molecule has 2 aliphatic rings. The second kappa shape index (κ2) is 3.42. The molecule has 1 saturated heterocycles. The van der Waals surface area contributed by atoms with Crippen LogP contribution in [0, 0.1) is 11.7 Å². The molecule has 78 valence electrons. The van der Waals surface area contributed by atoms with Crippen molar-refractivity contribution in [3.8, 4) is 0 Å². The van der Waals surface area contributed by atoms with E-state index in [2.05, 4.69) is 16.4 Å². The molecule has 15 heavy (non-hydrogen) atoms. The maximum absolute atomic E-state index is 13.1. The Morgan fingerprint density at radius 3 is 3.20 bits per heavy atom. The highest BCUT2D eigenvalue weighted by Crippen LogP contribution is 2.37. The molecule has 3 rings (SSSR count). The van der Waals surface area contributed by atoms with E-state index >= 15 is 0 Å². The molecule has 0 spiro atoms. The van der Waals surface area contributed by atoms with Crippen molar-refractivity contribution in [2.75, 3.05) is 6.54 Å². The Kier molecular flexibility index (Phi) is 2.06. The lowest BCUT2D eigenvalue weighted by molar-refractivity contribution is 0.556. The zero-order chi connectivity index (χ0) is 10.3. The van der Waals surface area contributed by atoms with Crippen LogP contribution in [0.4, 0.5) is 4.39 Å². The number of aromatic nitrogens is 1. The predicted octanol–water partition coefficient (Wildman–Crippen LogP) is 1.99. The summed E-state index contributed by atoms with van der Waals surface area (Å²) < 4.78 is 13.1. The van der Waals surface area contributed by atoms with Crippen molar-refractivity contribution in [3.63, 3.8) is 0 Å². The number of allylic oxidation sites excluding steroid dienone is 1. The lowest BCUT2D eigenvalue weighted by Crippen LogP contribution is -2.24. The first-order chi connectivity index (χ1) is 7.34. The minimum atomic E-state index is -0.255. The molecule has 0 unspecified atom stereocenters. The van der Waals surface area contributed by atoms with Crippen LogP contribution in [-0.4, -0.2) is 17.6 Å². The molecule has 0 amide bonds. The molecule has 3 heteroatoms. The van der Waals surface area contributed by atoms with Gasteiger partial charge in [0, 0.05) is 17.8 Å². The molecule has 0 saturated carbocycles. The fourth-order valence-corrected chi connectivity index (χ4v) is 2.65. The van der Waals surface area contributed by atoms with E-state index in [1.807, 2.05) is 0 Å². The molecule has 1 N–H and O–H groups in total. The number of nitrogens with one attached hydrogen (secondary N) is 1. The Bertz CT molecular complexity index is 414. The van der Waals surface area contributed by atoms with Gasteiger partial charge < -0.3 is 5.32 Å². The Morgan fingerprint density at radius 1 is 1.40 bits per heavy atom. The lowest BCUT2D eigenvalue weighted by Gasteiger charge is -2.14. The highest BCUT2D eigenvalue weighted by Gasteiger charge is 2.33. The molecule has 2 atom stereocenters. The third-order valence-corrected chi connectivity index (χ3v) is 3.36. The van der Waals surface area contributed by atoms with Gasteiger partial charge >= 0.3 is 0 Å². The Labute approximate surface area is 88.2 Å². The van der Waals surface area contributed by atoms with E-state index in [4.69, 9.17) is 0 Å². The van der Waals surface area contributed by atoms with Crippen LogP contribution < -0.4 is 5.32 Å². The van der Waals surface area contributed by atoms with Crippen molar-refractivity contribution >= 4 is 5.57 Å². The largest absolute Gasteiger partial charge is 0.310 e. The molecule has 0 bridgehead atoms. The molecule has 1 aliphatic carbocycles. The number of hydrogen-bond acceptors (Lipinski definition) is 2. The van der Waals surface area contributed by atoms with E-state index in [1.54, 1.807) is 12.3 Å². The van der Waals surface area contributed by atoms with Gasteiger partial charge in [-0.3, -0.25) is 4.98 Å². The molecule has 2 nitrogen and oxygen atoms in total. The molecular formula is C12H13FN2. The first-order valence-corrected chi connectivity index (χ1v) is 5.39. The molecule has 1 aliphatic heterocycles. The van der Waals surface area contributed by atoms with Gasteiger partial charge in [0.1, 0.15) is 5.82 Å². The van der Waals surface area contributed by atoms with Crippen molar-refractivity contribution in [2.24, 2.45) is 5.92 Å². The second-order valence-corrected chi connectivity index (χ2v) is 4.27. The van der Waals surface area contributed by atoms with Crippen LogP contribution in [0.2, 0.25) is 0 Å². The molecule has 1 aromatic heterocycles. The van der Waals surface area contributed by atoms with Gasteiger partial charge in [-0.2, -0.15) is 0 Å². The van der Waals surface area contributed by atoms with Crippen LogP contribution in [0.15, 0.2) is 24.5 Å². The fraction of sp³-hybridized carbons (Fsp3) is 0.417. The van der Waals surface area contributed by atoms with Gasteiger partial charge in [0.25, 0.3) is 0 Å². The third-order valence-electron chi connectivity index (χ3n) is 3.36. The topological polar surface area (TPSA) is 24.9 Å². The van der Waals surface area contributed by atoms with Crippen LogP contribution in [0.1, 0.15) is 18.4 Å². The van der Waals surface area contributed by atoms with Crippen molar-refractivity contribution in [1.29, 1.82) is 0 Å². The van der Waals surface area contributed by atoms with Crippen LogP contribution in [0.25, 0.3) is 5.57 Å². The molecule has 0 aromatic carbocycles. The second-order valence-electron chi connectivity index (χ2n) is 4.27. The average molecular weight is 204 g/mol. The van der Waals surface area contributed by atoms with Crippen LogP contribution in [0.5, 0.6) is 0 Å². The molecule has 1 aromatic rings. The first kappa shape index (κ1) is 9.04. The quantitative estimate of drug-likeness (QED) is 0.756. The van der Waals surface area contributed by atoms with Gasteiger partial charge in [-0.25, -0.2) is 4.39 Å². The first-order valence-electron chi connectivity index (χ1n) is 5.39. The zero-order valence-electron chi connectivity index (χ0n) is 8.41. The summed E-state index contributed by atoms with van der Waals surface area (Å²) in [4.78, 5) is 3.90. The van der Waals surface area contributed by atoms with Crippen molar-refractivity contribution in [3.05, 3.63) is 35.9 Å². The van der Waals surface area contributed by atoms with Crippen molar-refractivity contribution in [1.82, 2.24) is 10.3 Å². The van der Waals surface area contributed by atoms with Gasteiger partial charge in [-0.15, -0.1) is 0 Å². The van der Waals surface area contributed by atoms with Crippen molar-refractivity contribution < 1.29 is 4.39 Å². The summed E-state index contributed by atoms with van der Waals surface area (Å²) in [6, 6.07) is 2.00.